The van der Waals surface area contributed by atoms with Gasteiger partial charge >= 0.3 is 80.7 Å². The third-order valence-electron chi connectivity index (χ3n) is 15.8. The Kier molecular flexibility index (Phi) is 71.7. The molecule has 23 nitrogen and oxygen atoms in total. The summed E-state index contributed by atoms with van der Waals surface area (Å²) < 4.78 is 63.9. The molecule has 7 atom stereocenters. The number of phosphoric ester groups is 2. The molecule has 0 spiro atoms. The van der Waals surface area contributed by atoms with Crippen LogP contribution in [0.2, 0.25) is 0 Å². The van der Waals surface area contributed by atoms with Crippen LogP contribution < -0.4 is 80.4 Å². The Hall–Kier alpha value is -1.18. The number of Topliss-reactive ketones (excluding diaryl/α,β-unsaturated/α-hetero) is 1. The fraction of sp³-hybridized carbons (Fsp3) is 0.884. The molecule has 27 heteroatoms. The van der Waals surface area contributed by atoms with Crippen LogP contribution in [-0.4, -0.2) is 152 Å². The van der Waals surface area contributed by atoms with Crippen LogP contribution in [0, 0.1) is 0 Å². The van der Waals surface area contributed by atoms with Gasteiger partial charge in [-0.1, -0.05) is 207 Å². The van der Waals surface area contributed by atoms with Crippen LogP contribution in [0.3, 0.4) is 0 Å². The van der Waals surface area contributed by atoms with Gasteiger partial charge in [0.15, 0.2) is 0 Å². The minimum Gasteiger partial charge on any atom is -1.00 e. The summed E-state index contributed by atoms with van der Waals surface area (Å²) in [5.41, 5.74) is 0. The monoisotopic (exact) mass is 1430 g/mol. The van der Waals surface area contributed by atoms with Crippen LogP contribution in [0.15, 0.2) is 12.2 Å². The SMILES string of the molecule is CCCCCC/C=C/CCCC(=O)O[C@H](CCCCCCC)CC(=O)NC(COCC[C@H](O)CCCCCCC)COP(=O)(O)OCCNC(=O)CC(=O)NCCOP(=O)(O)OCC(COCC[C@H](O)CCCCCCC)NC(=O)CC(=O)CCCCCCCCCCC.[H-].[H-].[Na+].[Na+]. The van der Waals surface area contributed by atoms with E-state index in [0.717, 1.165) is 135 Å². The van der Waals surface area contributed by atoms with Gasteiger partial charge in [-0.2, -0.15) is 0 Å². The molecule has 556 valence electrons. The summed E-state index contributed by atoms with van der Waals surface area (Å²) in [6, 6.07) is -1.91. The summed E-state index contributed by atoms with van der Waals surface area (Å²) in [4.78, 5) is 98.5. The molecule has 0 aromatic rings. The number of hydrogen-bond donors (Lipinski definition) is 8. The number of esters is 1. The Labute approximate surface area is 626 Å². The van der Waals surface area contributed by atoms with E-state index in [9.17, 15) is 57.9 Å². The van der Waals surface area contributed by atoms with Crippen LogP contribution >= 0.6 is 15.6 Å². The standard InChI is InChI=1S/C69H132N4O19P2.2Na.2H/c1-6-11-16-21-23-25-27-32-36-41-63(76)52-67(79)72-59(55-86-48-44-61(74)39-34-29-18-13-8-3)57-90-93(82,83)88-50-46-70-65(77)54-66(78)71-47-51-89-94(84,85)91-58-60(56-87-49-45-62(75)40-35-30-19-14-9-4)73-68(80)53-64(42-37-31-20-15-10-5)92-69(81)43-38-33-28-26-24-22-17-12-7-2;;;;/h26,28,59-62,64,74-75H,6-25,27,29-58H2,1-5H3,(H,70,77)(H,71,78)(H,72,79)(H,73,80)(H,82,83)(H,84,85);;;;/q;2*+1;2*-1/b28-26+;;;;/t59?,60?,61-,62-,64-;;;;/m1..../s1. The van der Waals surface area contributed by atoms with Crippen molar-refractivity contribution in [2.45, 2.75) is 328 Å². The first-order valence-electron chi connectivity index (χ1n) is 36.5. The van der Waals surface area contributed by atoms with Gasteiger partial charge in [0.2, 0.25) is 23.6 Å². The number of ether oxygens (including phenoxy) is 3. The van der Waals surface area contributed by atoms with Gasteiger partial charge in [0.1, 0.15) is 18.3 Å². The molecule has 0 saturated heterocycles. The summed E-state index contributed by atoms with van der Waals surface area (Å²) in [5.74, 6) is -3.26. The van der Waals surface area contributed by atoms with Crippen molar-refractivity contribution in [3.05, 3.63) is 12.2 Å². The number of aliphatic hydroxyl groups is 2. The fourth-order valence-corrected chi connectivity index (χ4v) is 11.7. The third kappa shape index (κ3) is 67.3. The van der Waals surface area contributed by atoms with Crippen molar-refractivity contribution in [3.8, 4) is 0 Å². The van der Waals surface area contributed by atoms with E-state index >= 15 is 0 Å². The van der Waals surface area contributed by atoms with E-state index in [0.29, 0.717) is 44.9 Å². The maximum Gasteiger partial charge on any atom is 1.00 e. The molecule has 0 aromatic heterocycles. The van der Waals surface area contributed by atoms with Gasteiger partial charge in [-0.25, -0.2) is 9.13 Å². The van der Waals surface area contributed by atoms with Crippen molar-refractivity contribution in [1.82, 2.24) is 21.3 Å². The first-order chi connectivity index (χ1) is 45.3. The zero-order valence-corrected chi connectivity index (χ0v) is 66.7. The van der Waals surface area contributed by atoms with E-state index in [2.05, 4.69) is 68.0 Å². The molecule has 0 bridgehead atoms. The van der Waals surface area contributed by atoms with Crippen molar-refractivity contribution in [2.75, 3.05) is 65.9 Å². The Morgan fingerprint density at radius 2 is 0.802 bits per heavy atom. The maximum atomic E-state index is 13.6. The number of amides is 4. The van der Waals surface area contributed by atoms with Crippen molar-refractivity contribution in [1.29, 1.82) is 0 Å². The van der Waals surface area contributed by atoms with Crippen LogP contribution in [0.1, 0.15) is 301 Å². The van der Waals surface area contributed by atoms with Crippen LogP contribution in [0.25, 0.3) is 0 Å². The van der Waals surface area contributed by atoms with E-state index in [1.807, 2.05) is 0 Å². The Balaban J connectivity index is -0.00000721. The summed E-state index contributed by atoms with van der Waals surface area (Å²) in [6.07, 6.45) is 36.4. The topological polar surface area (TPSA) is 330 Å². The fourth-order valence-electron chi connectivity index (χ4n) is 10.2. The van der Waals surface area contributed by atoms with E-state index in [-0.39, 0.29) is 139 Å². The van der Waals surface area contributed by atoms with Gasteiger partial charge in [-0.3, -0.25) is 46.9 Å². The first-order valence-corrected chi connectivity index (χ1v) is 39.5. The minimum atomic E-state index is -4.79. The average molecular weight is 1430 g/mol. The molecule has 0 fully saturated rings. The van der Waals surface area contributed by atoms with Crippen molar-refractivity contribution < 1.29 is 152 Å². The van der Waals surface area contributed by atoms with Crippen molar-refractivity contribution in [3.63, 3.8) is 0 Å². The third-order valence-corrected chi connectivity index (χ3v) is 17.8. The zero-order chi connectivity index (χ0) is 69.6. The molecule has 0 aliphatic rings. The first kappa shape index (κ1) is 99.0. The normalized spacial score (nSPS) is 14.3. The maximum absolute atomic E-state index is 13.6. The molecule has 8 N–H and O–H groups in total. The summed E-state index contributed by atoms with van der Waals surface area (Å²) in [5, 5.41) is 31.2. The molecule has 4 amide bonds. The van der Waals surface area contributed by atoms with Crippen molar-refractivity contribution in [2.24, 2.45) is 0 Å². The van der Waals surface area contributed by atoms with Gasteiger partial charge in [-0.05, 0) is 70.6 Å². The van der Waals surface area contributed by atoms with Gasteiger partial charge in [0.05, 0.1) is 76.8 Å². The molecule has 96 heavy (non-hydrogen) atoms. The van der Waals surface area contributed by atoms with Crippen molar-refractivity contribution >= 4 is 51.0 Å². The van der Waals surface area contributed by atoms with Crippen LogP contribution in [-0.2, 0) is 70.2 Å². The summed E-state index contributed by atoms with van der Waals surface area (Å²) in [6.45, 7) is 8.06. The Morgan fingerprint density at radius 1 is 0.417 bits per heavy atom. The summed E-state index contributed by atoms with van der Waals surface area (Å²) in [7, 11) is -9.56. The molecule has 0 aliphatic carbocycles. The van der Waals surface area contributed by atoms with Gasteiger partial charge in [0, 0.05) is 39.1 Å². The number of carbonyl (C=O) groups is 6. The molecule has 0 aromatic carbocycles. The molecular weight excluding hydrogens is 1300 g/mol. The Bertz CT molecular complexity index is 2050. The molecule has 0 aliphatic heterocycles. The number of ketones is 1. The molecule has 0 heterocycles. The molecule has 0 saturated carbocycles. The van der Waals surface area contributed by atoms with E-state index in [4.69, 9.17) is 32.3 Å². The minimum absolute atomic E-state index is 0. The van der Waals surface area contributed by atoms with Crippen LogP contribution in [0.5, 0.6) is 0 Å². The quantitative estimate of drug-likeness (QED) is 0.00726. The van der Waals surface area contributed by atoms with E-state index < -0.39 is 103 Å². The number of rotatable bonds is 70. The number of allylic oxidation sites excluding steroid dienone is 2. The molecule has 4 unspecified atom stereocenters. The zero-order valence-electron chi connectivity index (χ0n) is 62.9. The number of nitrogens with one attached hydrogen (secondary N) is 4. The second-order valence-corrected chi connectivity index (χ2v) is 28.0. The summed E-state index contributed by atoms with van der Waals surface area (Å²) >= 11 is 0. The van der Waals surface area contributed by atoms with Crippen LogP contribution in [0.4, 0.5) is 0 Å². The predicted octanol–water partition coefficient (Wildman–Crippen LogP) is 7.57. The predicted molar refractivity (Wildman–Crippen MR) is 371 cm³/mol. The van der Waals surface area contributed by atoms with E-state index in [1.54, 1.807) is 0 Å². The number of phosphoric acid groups is 2. The second kappa shape index (κ2) is 69.5. The average Bonchev–Trinajstić information content (AvgIpc) is 1.17. The molecular formula is C69H134N4Na2O19P2. The van der Waals surface area contributed by atoms with E-state index in [1.165, 1.54) is 51.4 Å². The molecule has 0 rings (SSSR count). The second-order valence-electron chi connectivity index (χ2n) is 25.1. The smallest absolute Gasteiger partial charge is 1.00 e. The van der Waals surface area contributed by atoms with Gasteiger partial charge in [0.25, 0.3) is 0 Å². The van der Waals surface area contributed by atoms with Gasteiger partial charge < -0.3 is 58.3 Å². The molecule has 0 radical (unpaired) electrons. The largest absolute Gasteiger partial charge is 1.00 e. The number of unbranched alkanes of at least 4 members (excludes halogenated alkanes) is 25. The Morgan fingerprint density at radius 3 is 1.25 bits per heavy atom. The number of aliphatic hydroxyl groups excluding tert-OH is 2. The van der Waals surface area contributed by atoms with Gasteiger partial charge in [-0.15, -0.1) is 0 Å². The number of carbonyl (C=O) groups excluding carboxylic acids is 6. The number of hydrogen-bond acceptors (Lipinski definition) is 17.